The van der Waals surface area contributed by atoms with Crippen LogP contribution in [0, 0.1) is 0 Å². The van der Waals surface area contributed by atoms with Crippen molar-refractivity contribution < 1.29 is 9.47 Å². The highest BCUT2D eigenvalue weighted by Gasteiger charge is 2.28. The molecule has 1 aliphatic rings. The zero-order valence-corrected chi connectivity index (χ0v) is 9.03. The fourth-order valence-corrected chi connectivity index (χ4v) is 1.45. The van der Waals surface area contributed by atoms with Crippen LogP contribution in [0.5, 0.6) is 0 Å². The Morgan fingerprint density at radius 1 is 1.13 bits per heavy atom. The minimum atomic E-state index is 0.706. The van der Waals surface area contributed by atoms with Crippen molar-refractivity contribution in [1.29, 1.82) is 0 Å². The van der Waals surface area contributed by atoms with Crippen LogP contribution in [-0.4, -0.2) is 6.61 Å². The molecule has 1 aromatic rings. The number of benzene rings is 1. The molecule has 0 saturated carbocycles. The number of rotatable bonds is 6. The van der Waals surface area contributed by atoms with Crippen LogP contribution >= 0.6 is 0 Å². The molecule has 0 atom stereocenters. The average molecular weight is 204 g/mol. The van der Waals surface area contributed by atoms with Crippen molar-refractivity contribution in [2.75, 3.05) is 6.61 Å². The van der Waals surface area contributed by atoms with E-state index in [9.17, 15) is 0 Å². The van der Waals surface area contributed by atoms with Crippen LogP contribution in [-0.2, 0) is 9.47 Å². The lowest BCUT2D eigenvalue weighted by Gasteiger charge is -1.96. The summed E-state index contributed by atoms with van der Waals surface area (Å²) in [5, 5.41) is 0. The molecule has 0 N–H and O–H groups in total. The van der Waals surface area contributed by atoms with Crippen molar-refractivity contribution >= 4 is 5.76 Å². The molecule has 0 radical (unpaired) electrons. The van der Waals surface area contributed by atoms with Gasteiger partial charge < -0.3 is 9.47 Å². The summed E-state index contributed by atoms with van der Waals surface area (Å²) in [6.45, 7) is 2.95. The first kappa shape index (κ1) is 10.1. The van der Waals surface area contributed by atoms with Gasteiger partial charge >= 0.3 is 5.95 Å². The SMILES string of the molecule is CCCCCOC1=C(c2ccccc2)O1. The van der Waals surface area contributed by atoms with Crippen LogP contribution in [0.4, 0.5) is 0 Å². The lowest BCUT2D eigenvalue weighted by molar-refractivity contribution is 0.152. The predicted molar refractivity (Wildman–Crippen MR) is 59.9 cm³/mol. The van der Waals surface area contributed by atoms with E-state index in [1.54, 1.807) is 0 Å². The van der Waals surface area contributed by atoms with Gasteiger partial charge in [-0.15, -0.1) is 0 Å². The molecular formula is C13H16O2. The van der Waals surface area contributed by atoms with E-state index in [1.165, 1.54) is 12.8 Å². The topological polar surface area (TPSA) is 21.8 Å². The second-order valence-corrected chi connectivity index (χ2v) is 3.64. The standard InChI is InChI=1S/C13H16O2/c1-2-3-7-10-14-13-12(15-13)11-8-5-4-6-9-11/h4-6,8-9H,2-3,7,10H2,1H3. The Kier molecular flexibility index (Phi) is 3.28. The van der Waals surface area contributed by atoms with E-state index in [0.717, 1.165) is 24.4 Å². The third-order valence-electron chi connectivity index (χ3n) is 2.36. The molecule has 0 spiro atoms. The molecule has 1 heterocycles. The molecule has 2 rings (SSSR count). The van der Waals surface area contributed by atoms with Crippen LogP contribution in [0.25, 0.3) is 5.76 Å². The third kappa shape index (κ3) is 2.75. The lowest BCUT2D eigenvalue weighted by Crippen LogP contribution is -1.88. The fraction of sp³-hybridized carbons (Fsp3) is 0.385. The molecule has 0 aliphatic carbocycles. The quantitative estimate of drug-likeness (QED) is 0.661. The maximum Gasteiger partial charge on any atom is 0.330 e. The Hall–Kier alpha value is -1.44. The molecule has 0 fully saturated rings. The smallest absolute Gasteiger partial charge is 0.330 e. The zero-order chi connectivity index (χ0) is 10.5. The lowest BCUT2D eigenvalue weighted by atomic mass is 10.2. The van der Waals surface area contributed by atoms with Crippen molar-refractivity contribution in [3.8, 4) is 0 Å². The molecule has 1 aliphatic heterocycles. The normalized spacial score (nSPS) is 13.7. The molecule has 15 heavy (non-hydrogen) atoms. The van der Waals surface area contributed by atoms with Crippen molar-refractivity contribution in [1.82, 2.24) is 0 Å². The van der Waals surface area contributed by atoms with Gasteiger partial charge in [-0.2, -0.15) is 0 Å². The summed E-state index contributed by atoms with van der Waals surface area (Å²) in [6, 6.07) is 10.0. The Balaban J connectivity index is 1.80. The molecular weight excluding hydrogens is 188 g/mol. The van der Waals surface area contributed by atoms with Gasteiger partial charge in [0.1, 0.15) is 0 Å². The molecule has 0 amide bonds. The van der Waals surface area contributed by atoms with Gasteiger partial charge in [0.05, 0.1) is 6.61 Å². The highest BCUT2D eigenvalue weighted by molar-refractivity contribution is 5.69. The molecule has 0 aromatic heterocycles. The van der Waals surface area contributed by atoms with Gasteiger partial charge in [0.2, 0.25) is 5.76 Å². The zero-order valence-electron chi connectivity index (χ0n) is 9.03. The molecule has 0 bridgehead atoms. The number of hydrogen-bond acceptors (Lipinski definition) is 2. The summed E-state index contributed by atoms with van der Waals surface area (Å²) < 4.78 is 10.8. The van der Waals surface area contributed by atoms with Crippen molar-refractivity contribution in [3.63, 3.8) is 0 Å². The van der Waals surface area contributed by atoms with E-state index in [1.807, 2.05) is 30.3 Å². The summed E-state index contributed by atoms with van der Waals surface area (Å²) in [6.07, 6.45) is 3.54. The minimum absolute atomic E-state index is 0.706. The first-order valence-corrected chi connectivity index (χ1v) is 5.52. The Labute approximate surface area is 90.5 Å². The van der Waals surface area contributed by atoms with E-state index in [-0.39, 0.29) is 0 Å². The van der Waals surface area contributed by atoms with Gasteiger partial charge in [-0.3, -0.25) is 0 Å². The van der Waals surface area contributed by atoms with Crippen molar-refractivity contribution in [2.24, 2.45) is 0 Å². The average Bonchev–Trinajstić information content (AvgIpc) is 3.05. The Bertz CT molecular complexity index is 341. The maximum atomic E-state index is 5.48. The molecule has 80 valence electrons. The Morgan fingerprint density at radius 3 is 2.67 bits per heavy atom. The monoisotopic (exact) mass is 204 g/mol. The summed E-state index contributed by atoms with van der Waals surface area (Å²) in [4.78, 5) is 0. The van der Waals surface area contributed by atoms with E-state index in [0.29, 0.717) is 5.95 Å². The largest absolute Gasteiger partial charge is 0.462 e. The van der Waals surface area contributed by atoms with Crippen LogP contribution < -0.4 is 0 Å². The van der Waals surface area contributed by atoms with Crippen molar-refractivity contribution in [2.45, 2.75) is 26.2 Å². The van der Waals surface area contributed by atoms with Gasteiger partial charge in [-0.1, -0.05) is 50.1 Å². The summed E-state index contributed by atoms with van der Waals surface area (Å²) >= 11 is 0. The van der Waals surface area contributed by atoms with E-state index >= 15 is 0 Å². The van der Waals surface area contributed by atoms with Crippen LogP contribution in [0.3, 0.4) is 0 Å². The molecule has 2 heteroatoms. The fourth-order valence-electron chi connectivity index (χ4n) is 1.45. The molecule has 0 saturated heterocycles. The highest BCUT2D eigenvalue weighted by atomic mass is 16.7. The molecule has 0 unspecified atom stereocenters. The second-order valence-electron chi connectivity index (χ2n) is 3.64. The van der Waals surface area contributed by atoms with E-state index < -0.39 is 0 Å². The van der Waals surface area contributed by atoms with Crippen LogP contribution in [0.15, 0.2) is 36.3 Å². The molecule has 2 nitrogen and oxygen atoms in total. The second kappa shape index (κ2) is 4.87. The molecule has 1 aromatic carbocycles. The summed E-state index contributed by atoms with van der Waals surface area (Å²) in [5.41, 5.74) is 1.10. The number of unbranched alkanes of at least 4 members (excludes halogenated alkanes) is 2. The number of hydrogen-bond donors (Lipinski definition) is 0. The first-order chi connectivity index (χ1) is 7.42. The van der Waals surface area contributed by atoms with Crippen LogP contribution in [0.1, 0.15) is 31.7 Å². The summed E-state index contributed by atoms with van der Waals surface area (Å²) in [5.74, 6) is 1.60. The first-order valence-electron chi connectivity index (χ1n) is 5.52. The van der Waals surface area contributed by atoms with Gasteiger partial charge in [0, 0.05) is 5.56 Å². The van der Waals surface area contributed by atoms with Gasteiger partial charge in [-0.25, -0.2) is 0 Å². The van der Waals surface area contributed by atoms with E-state index in [2.05, 4.69) is 6.92 Å². The maximum absolute atomic E-state index is 5.48. The highest BCUT2D eigenvalue weighted by Crippen LogP contribution is 2.36. The Morgan fingerprint density at radius 2 is 1.93 bits per heavy atom. The van der Waals surface area contributed by atoms with Gasteiger partial charge in [0.15, 0.2) is 0 Å². The summed E-state index contributed by atoms with van der Waals surface area (Å²) in [7, 11) is 0. The van der Waals surface area contributed by atoms with Crippen LogP contribution in [0.2, 0.25) is 0 Å². The van der Waals surface area contributed by atoms with Gasteiger partial charge in [-0.05, 0) is 6.42 Å². The third-order valence-corrected chi connectivity index (χ3v) is 2.36. The van der Waals surface area contributed by atoms with Crippen molar-refractivity contribution in [3.05, 3.63) is 41.8 Å². The number of ether oxygens (including phenoxy) is 2. The van der Waals surface area contributed by atoms with E-state index in [4.69, 9.17) is 9.47 Å². The predicted octanol–water partition coefficient (Wildman–Crippen LogP) is 3.55. The van der Waals surface area contributed by atoms with Gasteiger partial charge in [0.25, 0.3) is 0 Å². The minimum Gasteiger partial charge on any atom is -0.462 e.